The van der Waals surface area contributed by atoms with Crippen LogP contribution >= 0.6 is 15.9 Å². The molecule has 10 heteroatoms. The van der Waals surface area contributed by atoms with E-state index in [2.05, 4.69) is 25.8 Å². The lowest BCUT2D eigenvalue weighted by molar-refractivity contribution is -0.0312. The van der Waals surface area contributed by atoms with E-state index in [0.29, 0.717) is 42.0 Å². The number of piperazine rings is 1. The van der Waals surface area contributed by atoms with E-state index in [1.807, 2.05) is 47.6 Å². The zero-order valence-electron chi connectivity index (χ0n) is 21.2. The summed E-state index contributed by atoms with van der Waals surface area (Å²) < 4.78 is 32.5. The summed E-state index contributed by atoms with van der Waals surface area (Å²) in [6.45, 7) is 13.8. The summed E-state index contributed by atoms with van der Waals surface area (Å²) in [4.78, 5) is 25.5. The summed E-state index contributed by atoms with van der Waals surface area (Å²) >= 11 is 3.33. The number of aromatic nitrogens is 2. The molecule has 3 saturated heterocycles. The Labute approximate surface area is 214 Å². The Morgan fingerprint density at radius 2 is 1.86 bits per heavy atom. The molecule has 3 aliphatic rings. The molecule has 5 rings (SSSR count). The monoisotopic (exact) mass is 552 g/mol. The quantitative estimate of drug-likeness (QED) is 0.515. The molecule has 1 aromatic heterocycles. The van der Waals surface area contributed by atoms with Crippen molar-refractivity contribution in [2.45, 2.75) is 78.2 Å². The molecular weight excluding hydrogens is 519 g/mol. The van der Waals surface area contributed by atoms with Gasteiger partial charge in [0.1, 0.15) is 23.0 Å². The number of ether oxygens (including phenoxy) is 3. The Balaban J connectivity index is 0.00000141. The number of nitrogens with zero attached hydrogens (tertiary/aromatic N) is 4. The molecule has 1 aromatic carbocycles. The van der Waals surface area contributed by atoms with Crippen molar-refractivity contribution < 1.29 is 23.4 Å². The van der Waals surface area contributed by atoms with Crippen molar-refractivity contribution in [2.75, 3.05) is 31.2 Å². The van der Waals surface area contributed by atoms with Gasteiger partial charge in [-0.05, 0) is 55.3 Å². The standard InChI is InChI=1S/C23H28BrFN4O4.C2H6/c1-12-9-14-19(18(25)17(12)24)26-21(32-13-5-7-31-8-6-13)27-20(14)28-10-16-15(28)11-29(16)22(30)33-23(2,3)4;1-2/h9,13,15-16H,5-8,10-11H2,1-4H3;1-2H3. The van der Waals surface area contributed by atoms with Gasteiger partial charge in [-0.25, -0.2) is 9.18 Å². The molecule has 0 N–H and O–H groups in total. The largest absolute Gasteiger partial charge is 0.460 e. The molecule has 2 aromatic rings. The molecule has 0 radical (unpaired) electrons. The Morgan fingerprint density at radius 1 is 1.17 bits per heavy atom. The van der Waals surface area contributed by atoms with Crippen molar-refractivity contribution in [1.29, 1.82) is 0 Å². The number of hydrogen-bond acceptors (Lipinski definition) is 7. The third kappa shape index (κ3) is 5.05. The van der Waals surface area contributed by atoms with Crippen molar-refractivity contribution in [3.8, 4) is 6.01 Å². The Kier molecular flexibility index (Phi) is 7.43. The van der Waals surface area contributed by atoms with E-state index < -0.39 is 11.4 Å². The van der Waals surface area contributed by atoms with Crippen LogP contribution in [-0.2, 0) is 9.47 Å². The first kappa shape index (κ1) is 25.9. The maximum Gasteiger partial charge on any atom is 0.410 e. The topological polar surface area (TPSA) is 77.0 Å². The van der Waals surface area contributed by atoms with Gasteiger partial charge in [0, 0.05) is 31.3 Å². The molecule has 0 aliphatic carbocycles. The van der Waals surface area contributed by atoms with Crippen LogP contribution in [0.5, 0.6) is 6.01 Å². The summed E-state index contributed by atoms with van der Waals surface area (Å²) in [6, 6.07) is 2.24. The van der Waals surface area contributed by atoms with Gasteiger partial charge in [0.25, 0.3) is 0 Å². The number of carbonyl (C=O) groups excluding carboxylic acids is 1. The van der Waals surface area contributed by atoms with E-state index in [-0.39, 0.29) is 35.8 Å². The van der Waals surface area contributed by atoms with Gasteiger partial charge in [0.05, 0.1) is 29.8 Å². The van der Waals surface area contributed by atoms with Gasteiger partial charge in [0.2, 0.25) is 0 Å². The van der Waals surface area contributed by atoms with Gasteiger partial charge in [-0.2, -0.15) is 9.97 Å². The Morgan fingerprint density at radius 3 is 2.46 bits per heavy atom. The van der Waals surface area contributed by atoms with E-state index in [9.17, 15) is 4.79 Å². The number of amides is 1. The smallest absolute Gasteiger partial charge is 0.410 e. The van der Waals surface area contributed by atoms with Crippen molar-refractivity contribution in [2.24, 2.45) is 0 Å². The van der Waals surface area contributed by atoms with Gasteiger partial charge in [-0.15, -0.1) is 0 Å². The molecule has 1 amide bonds. The van der Waals surface area contributed by atoms with Crippen LogP contribution in [-0.4, -0.2) is 71.1 Å². The minimum absolute atomic E-state index is 0.0588. The van der Waals surface area contributed by atoms with Crippen molar-refractivity contribution in [3.05, 3.63) is 21.9 Å². The number of hydrogen-bond donors (Lipinski definition) is 0. The van der Waals surface area contributed by atoms with Gasteiger partial charge in [-0.1, -0.05) is 13.8 Å². The lowest BCUT2D eigenvalue weighted by Crippen LogP contribution is -2.80. The average Bonchev–Trinajstić information content (AvgIpc) is 2.80. The molecule has 192 valence electrons. The molecule has 4 heterocycles. The number of aryl methyl sites for hydroxylation is 1. The normalized spacial score (nSPS) is 21.9. The van der Waals surface area contributed by atoms with Crippen molar-refractivity contribution in [1.82, 2.24) is 14.9 Å². The molecule has 35 heavy (non-hydrogen) atoms. The first-order chi connectivity index (χ1) is 16.6. The number of rotatable bonds is 3. The Hall–Kier alpha value is -2.20. The van der Waals surface area contributed by atoms with Crippen LogP contribution in [0.25, 0.3) is 10.9 Å². The lowest BCUT2D eigenvalue weighted by Gasteiger charge is -2.61. The molecule has 2 unspecified atom stereocenters. The van der Waals surface area contributed by atoms with E-state index in [1.54, 1.807) is 4.90 Å². The molecule has 3 fully saturated rings. The Bertz CT molecular complexity index is 1100. The van der Waals surface area contributed by atoms with Crippen LogP contribution in [0.1, 0.15) is 53.0 Å². The number of fused-ring (bicyclic) bond motifs is 2. The SMILES string of the molecule is CC.Cc1cc2c(N3CC4C3CN4C(=O)OC(C)(C)C)nc(OC3CCOCC3)nc2c(F)c1Br. The van der Waals surface area contributed by atoms with Crippen LogP contribution in [0.2, 0.25) is 0 Å². The number of anilines is 1. The van der Waals surface area contributed by atoms with Gasteiger partial charge in [0.15, 0.2) is 5.82 Å². The minimum atomic E-state index is -0.534. The summed E-state index contributed by atoms with van der Waals surface area (Å²) in [5.41, 5.74) is 0.461. The van der Waals surface area contributed by atoms with E-state index in [1.165, 1.54) is 0 Å². The second kappa shape index (κ2) is 10.0. The van der Waals surface area contributed by atoms with E-state index >= 15 is 4.39 Å². The fourth-order valence-corrected chi connectivity index (χ4v) is 4.84. The molecular formula is C25H34BrFN4O4. The van der Waals surface area contributed by atoms with Gasteiger partial charge in [-0.3, -0.25) is 4.90 Å². The predicted octanol–water partition coefficient (Wildman–Crippen LogP) is 5.23. The predicted molar refractivity (Wildman–Crippen MR) is 136 cm³/mol. The minimum Gasteiger partial charge on any atom is -0.460 e. The van der Waals surface area contributed by atoms with Crippen LogP contribution < -0.4 is 9.64 Å². The fraction of sp³-hybridized carbons (Fsp3) is 0.640. The summed E-state index contributed by atoms with van der Waals surface area (Å²) in [6.07, 6.45) is 1.13. The first-order valence-corrected chi connectivity index (χ1v) is 13.1. The highest BCUT2D eigenvalue weighted by molar-refractivity contribution is 9.10. The number of carbonyl (C=O) groups is 1. The average molecular weight is 553 g/mol. The van der Waals surface area contributed by atoms with Gasteiger partial charge < -0.3 is 19.1 Å². The highest BCUT2D eigenvalue weighted by atomic mass is 79.9. The molecule has 3 aliphatic heterocycles. The van der Waals surface area contributed by atoms with Crippen LogP contribution in [0.3, 0.4) is 0 Å². The molecule has 0 bridgehead atoms. The van der Waals surface area contributed by atoms with Crippen LogP contribution in [0.15, 0.2) is 10.5 Å². The molecule has 2 atom stereocenters. The maximum absolute atomic E-state index is 15.2. The second-order valence-corrected chi connectivity index (χ2v) is 10.7. The van der Waals surface area contributed by atoms with Gasteiger partial charge >= 0.3 is 12.1 Å². The summed E-state index contributed by atoms with van der Waals surface area (Å²) in [5.74, 6) is 0.216. The zero-order valence-corrected chi connectivity index (χ0v) is 22.8. The van der Waals surface area contributed by atoms with Crippen molar-refractivity contribution in [3.63, 3.8) is 0 Å². The summed E-state index contributed by atoms with van der Waals surface area (Å²) in [5, 5.41) is 0.640. The number of likely N-dealkylation sites (tertiary alicyclic amines) is 1. The summed E-state index contributed by atoms with van der Waals surface area (Å²) in [7, 11) is 0. The number of benzene rings is 1. The second-order valence-electron chi connectivity index (χ2n) is 9.90. The highest BCUT2D eigenvalue weighted by Gasteiger charge is 2.55. The highest BCUT2D eigenvalue weighted by Crippen LogP contribution is 2.42. The third-order valence-electron chi connectivity index (χ3n) is 6.37. The maximum atomic E-state index is 15.2. The lowest BCUT2D eigenvalue weighted by atomic mass is 9.85. The van der Waals surface area contributed by atoms with Crippen molar-refractivity contribution >= 4 is 38.7 Å². The molecule has 8 nitrogen and oxygen atoms in total. The van der Waals surface area contributed by atoms with Crippen LogP contribution in [0.4, 0.5) is 15.0 Å². The molecule has 0 spiro atoms. The zero-order chi connectivity index (χ0) is 25.5. The number of halogens is 2. The fourth-order valence-electron chi connectivity index (χ4n) is 4.54. The van der Waals surface area contributed by atoms with Crippen LogP contribution in [0, 0.1) is 12.7 Å². The van der Waals surface area contributed by atoms with E-state index in [4.69, 9.17) is 19.2 Å². The van der Waals surface area contributed by atoms with E-state index in [0.717, 1.165) is 18.4 Å². The first-order valence-electron chi connectivity index (χ1n) is 12.3. The third-order valence-corrected chi connectivity index (χ3v) is 7.34. The molecule has 0 saturated carbocycles.